The quantitative estimate of drug-likeness (QED) is 0.477. The summed E-state index contributed by atoms with van der Waals surface area (Å²) in [5.41, 5.74) is -0.461. The Kier molecular flexibility index (Phi) is 5.94. The molecule has 1 aliphatic rings. The smallest absolute Gasteiger partial charge is 0.321 e. The lowest BCUT2D eigenvalue weighted by Crippen LogP contribution is -2.23. The van der Waals surface area contributed by atoms with Gasteiger partial charge in [0.25, 0.3) is 5.56 Å². The predicted octanol–water partition coefficient (Wildman–Crippen LogP) is 0.565. The third kappa shape index (κ3) is 4.62. The van der Waals surface area contributed by atoms with Crippen molar-refractivity contribution in [1.82, 2.24) is 19.5 Å². The number of ether oxygens (including phenoxy) is 1. The number of nitrogens with one attached hydrogen (secondary N) is 2. The highest BCUT2D eigenvalue weighted by Gasteiger charge is 2.38. The molecule has 2 aromatic heterocycles. The predicted molar refractivity (Wildman–Crippen MR) is 99.7 cm³/mol. The molecule has 0 bridgehead atoms. The largest absolute Gasteiger partial charge is 0.349 e. The number of imidazole rings is 1. The number of nitrogens with zero attached hydrogens (tertiary/aromatic N) is 3. The first-order valence-electron chi connectivity index (χ1n) is 8.32. The number of aromatic amines is 1. The molecule has 28 heavy (non-hydrogen) atoms. The van der Waals surface area contributed by atoms with E-state index in [9.17, 15) is 14.0 Å². The van der Waals surface area contributed by atoms with Crippen molar-refractivity contribution in [1.29, 1.82) is 0 Å². The molecule has 0 saturated carbocycles. The zero-order valence-electron chi connectivity index (χ0n) is 14.9. The molecular weight excluding hydrogens is 416 g/mol. The SMILES string of the molecule is CC(C)C(=O)Nc1nc2c(ncn2[C@H]2C[C@H](F)[C@@H](COP(O)(O)=S)O2)c(=O)[nH]1. The number of aromatic nitrogens is 4. The van der Waals surface area contributed by atoms with Crippen molar-refractivity contribution in [3.05, 3.63) is 16.7 Å². The lowest BCUT2D eigenvalue weighted by Gasteiger charge is -2.16. The van der Waals surface area contributed by atoms with Crippen LogP contribution in [0, 0.1) is 5.92 Å². The first-order chi connectivity index (χ1) is 13.0. The Bertz CT molecular complexity index is 990. The summed E-state index contributed by atoms with van der Waals surface area (Å²) in [4.78, 5) is 52.8. The molecule has 154 valence electrons. The molecule has 3 heterocycles. The molecule has 14 heteroatoms. The average Bonchev–Trinajstić information content (AvgIpc) is 3.15. The standard InChI is InChI=1S/C14H19FN5O6PS/c1-6(2)12(21)18-14-17-11-10(13(22)19-14)16-5-20(11)9-3-7(15)8(26-9)4-25-27(23,24)28/h5-9H,3-4H2,1-2H3,(H2,23,24,28)(H2,17,18,19,21,22)/t7-,8+,9+/m0/s1. The summed E-state index contributed by atoms with van der Waals surface area (Å²) in [6.07, 6.45) is -2.21. The number of hydrogen-bond donors (Lipinski definition) is 4. The van der Waals surface area contributed by atoms with Crippen molar-refractivity contribution < 1.29 is 28.2 Å². The topological polar surface area (TPSA) is 152 Å². The first-order valence-corrected chi connectivity index (χ1v) is 10.9. The van der Waals surface area contributed by atoms with Crippen LogP contribution in [0.5, 0.6) is 0 Å². The second kappa shape index (κ2) is 7.93. The van der Waals surface area contributed by atoms with Crippen LogP contribution < -0.4 is 10.9 Å². The van der Waals surface area contributed by atoms with E-state index in [1.165, 1.54) is 10.9 Å². The summed E-state index contributed by atoms with van der Waals surface area (Å²) < 4.78 is 25.9. The number of rotatable bonds is 6. The fraction of sp³-hybridized carbons (Fsp3) is 0.571. The van der Waals surface area contributed by atoms with Gasteiger partial charge in [0.15, 0.2) is 11.2 Å². The molecule has 1 saturated heterocycles. The number of halogens is 1. The fourth-order valence-electron chi connectivity index (χ4n) is 2.64. The van der Waals surface area contributed by atoms with Gasteiger partial charge in [-0.2, -0.15) is 4.98 Å². The molecule has 1 fully saturated rings. The minimum Gasteiger partial charge on any atom is -0.349 e. The average molecular weight is 435 g/mol. The third-order valence-corrected chi connectivity index (χ3v) is 4.88. The van der Waals surface area contributed by atoms with Crippen molar-refractivity contribution in [2.24, 2.45) is 5.92 Å². The van der Waals surface area contributed by atoms with Gasteiger partial charge in [-0.05, 0) is 11.8 Å². The van der Waals surface area contributed by atoms with Crippen LogP contribution in [0.4, 0.5) is 10.3 Å². The van der Waals surface area contributed by atoms with Gasteiger partial charge in [0.1, 0.15) is 18.5 Å². The molecular formula is C14H19FN5O6PS. The Balaban J connectivity index is 1.85. The minimum absolute atomic E-state index is 0.00229. The fourth-order valence-corrected chi connectivity index (χ4v) is 3.16. The summed E-state index contributed by atoms with van der Waals surface area (Å²) in [7, 11) is 0. The van der Waals surface area contributed by atoms with Gasteiger partial charge >= 0.3 is 6.72 Å². The van der Waals surface area contributed by atoms with E-state index in [1.54, 1.807) is 13.8 Å². The molecule has 0 aliphatic carbocycles. The van der Waals surface area contributed by atoms with Gasteiger partial charge in [-0.3, -0.25) is 24.5 Å². The first kappa shape index (κ1) is 21.0. The maximum Gasteiger partial charge on any atom is 0.321 e. The van der Waals surface area contributed by atoms with Crippen molar-refractivity contribution in [3.8, 4) is 0 Å². The summed E-state index contributed by atoms with van der Waals surface area (Å²) >= 11 is 4.34. The highest BCUT2D eigenvalue weighted by atomic mass is 32.5. The zero-order valence-corrected chi connectivity index (χ0v) is 16.6. The third-order valence-electron chi connectivity index (χ3n) is 4.08. The van der Waals surface area contributed by atoms with Gasteiger partial charge in [-0.25, -0.2) is 9.37 Å². The highest BCUT2D eigenvalue weighted by molar-refractivity contribution is 8.06. The highest BCUT2D eigenvalue weighted by Crippen LogP contribution is 2.39. The second-order valence-corrected chi connectivity index (χ2v) is 9.22. The Morgan fingerprint density at radius 2 is 2.32 bits per heavy atom. The van der Waals surface area contributed by atoms with E-state index in [2.05, 4.69) is 36.6 Å². The molecule has 2 aromatic rings. The second-order valence-electron chi connectivity index (χ2n) is 6.55. The van der Waals surface area contributed by atoms with Crippen LogP contribution in [-0.4, -0.2) is 54.1 Å². The molecule has 0 unspecified atom stereocenters. The number of hydrogen-bond acceptors (Lipinski definition) is 7. The molecule has 4 N–H and O–H groups in total. The van der Waals surface area contributed by atoms with Gasteiger partial charge < -0.3 is 19.0 Å². The lowest BCUT2D eigenvalue weighted by atomic mass is 10.2. The number of carbonyl (C=O) groups is 1. The zero-order chi connectivity index (χ0) is 20.6. The maximum atomic E-state index is 14.3. The van der Waals surface area contributed by atoms with E-state index in [4.69, 9.17) is 14.5 Å². The molecule has 1 aliphatic heterocycles. The number of H-pyrrole nitrogens is 1. The minimum atomic E-state index is -3.93. The van der Waals surface area contributed by atoms with Gasteiger partial charge in [-0.1, -0.05) is 13.8 Å². The van der Waals surface area contributed by atoms with E-state index < -0.39 is 37.4 Å². The Morgan fingerprint density at radius 1 is 1.61 bits per heavy atom. The van der Waals surface area contributed by atoms with E-state index >= 15 is 0 Å². The van der Waals surface area contributed by atoms with Crippen LogP contribution in [0.25, 0.3) is 11.2 Å². The van der Waals surface area contributed by atoms with Crippen LogP contribution in [-0.2, 0) is 25.9 Å². The van der Waals surface area contributed by atoms with Crippen LogP contribution >= 0.6 is 6.72 Å². The molecule has 0 radical (unpaired) electrons. The maximum absolute atomic E-state index is 14.3. The van der Waals surface area contributed by atoms with Crippen LogP contribution in [0.1, 0.15) is 26.5 Å². The van der Waals surface area contributed by atoms with E-state index in [0.29, 0.717) is 0 Å². The molecule has 0 spiro atoms. The van der Waals surface area contributed by atoms with E-state index in [-0.39, 0.29) is 35.4 Å². The van der Waals surface area contributed by atoms with E-state index in [1.807, 2.05) is 0 Å². The summed E-state index contributed by atoms with van der Waals surface area (Å²) in [6, 6.07) is 0. The van der Waals surface area contributed by atoms with Crippen LogP contribution in [0.15, 0.2) is 11.1 Å². The van der Waals surface area contributed by atoms with Gasteiger partial charge in [0.05, 0.1) is 12.9 Å². The molecule has 3 rings (SSSR count). The number of amides is 1. The van der Waals surface area contributed by atoms with Crippen molar-refractivity contribution in [2.45, 2.75) is 38.8 Å². The lowest BCUT2D eigenvalue weighted by molar-refractivity contribution is -0.118. The van der Waals surface area contributed by atoms with Crippen LogP contribution in [0.3, 0.4) is 0 Å². The van der Waals surface area contributed by atoms with Gasteiger partial charge in [-0.15, -0.1) is 0 Å². The molecule has 0 aromatic carbocycles. The number of carbonyl (C=O) groups excluding carboxylic acids is 1. The normalized spacial score (nSPS) is 22.9. The molecule has 3 atom stereocenters. The monoisotopic (exact) mass is 435 g/mol. The Morgan fingerprint density at radius 3 is 2.96 bits per heavy atom. The Labute approximate surface area is 163 Å². The summed E-state index contributed by atoms with van der Waals surface area (Å²) in [6.45, 7) is -0.991. The Hall–Kier alpha value is -1.76. The van der Waals surface area contributed by atoms with Gasteiger partial charge in [0.2, 0.25) is 11.9 Å². The summed E-state index contributed by atoms with van der Waals surface area (Å²) in [5.74, 6) is -0.723. The van der Waals surface area contributed by atoms with Crippen molar-refractivity contribution >= 4 is 41.5 Å². The summed E-state index contributed by atoms with van der Waals surface area (Å²) in [5, 5.41) is 2.49. The molecule has 1 amide bonds. The van der Waals surface area contributed by atoms with E-state index in [0.717, 1.165) is 0 Å². The number of alkyl halides is 1. The molecule has 11 nitrogen and oxygen atoms in total. The van der Waals surface area contributed by atoms with Crippen molar-refractivity contribution in [3.63, 3.8) is 0 Å². The van der Waals surface area contributed by atoms with Crippen LogP contribution in [0.2, 0.25) is 0 Å². The van der Waals surface area contributed by atoms with Gasteiger partial charge in [0, 0.05) is 12.3 Å². The number of fused-ring (bicyclic) bond motifs is 1. The van der Waals surface area contributed by atoms with Crippen molar-refractivity contribution in [2.75, 3.05) is 11.9 Å². The number of anilines is 1.